The summed E-state index contributed by atoms with van der Waals surface area (Å²) in [6.07, 6.45) is 3.06. The Kier molecular flexibility index (Phi) is 5.95. The quantitative estimate of drug-likeness (QED) is 0.354. The van der Waals surface area contributed by atoms with Crippen molar-refractivity contribution in [3.63, 3.8) is 0 Å². The van der Waals surface area contributed by atoms with Crippen molar-refractivity contribution < 1.29 is 18.3 Å². The van der Waals surface area contributed by atoms with Gasteiger partial charge in [-0.25, -0.2) is 18.3 Å². The number of halogens is 3. The molecule has 3 aromatic heterocycles. The highest BCUT2D eigenvalue weighted by Gasteiger charge is 2.17. The maximum atomic E-state index is 14.8. The Morgan fingerprint density at radius 1 is 1.03 bits per heavy atom. The second-order valence-corrected chi connectivity index (χ2v) is 8.12. The third-order valence-corrected chi connectivity index (χ3v) is 5.50. The molecule has 2 aromatic carbocycles. The first-order valence-corrected chi connectivity index (χ1v) is 11.0. The van der Waals surface area contributed by atoms with E-state index in [1.165, 1.54) is 63.8 Å². The van der Waals surface area contributed by atoms with Crippen LogP contribution in [0.3, 0.4) is 0 Å². The number of nitrogens with one attached hydrogen (secondary N) is 1. The lowest BCUT2D eigenvalue weighted by Crippen LogP contribution is -2.29. The first-order valence-electron chi connectivity index (χ1n) is 10.6. The normalized spacial score (nSPS) is 11.0. The molecule has 1 amide bonds. The fraction of sp³-hybridized carbons (Fsp3) is 0.0400. The van der Waals surface area contributed by atoms with E-state index in [0.717, 1.165) is 6.07 Å². The molecule has 5 rings (SSSR count). The van der Waals surface area contributed by atoms with Crippen LogP contribution >= 0.6 is 11.6 Å². The lowest BCUT2D eigenvalue weighted by molar-refractivity contribution is 0.102. The number of pyridine rings is 1. The number of carbonyl (C=O) groups excluding carboxylic acids is 1. The lowest BCUT2D eigenvalue weighted by Gasteiger charge is -2.13. The molecule has 0 atom stereocenters. The van der Waals surface area contributed by atoms with Crippen LogP contribution in [-0.4, -0.2) is 25.1 Å². The minimum absolute atomic E-state index is 0.108. The van der Waals surface area contributed by atoms with Crippen LogP contribution in [-0.2, 0) is 0 Å². The second-order valence-electron chi connectivity index (χ2n) is 7.73. The summed E-state index contributed by atoms with van der Waals surface area (Å²) in [6.45, 7) is 1.69. The van der Waals surface area contributed by atoms with Gasteiger partial charge >= 0.3 is 0 Å². The molecule has 5 aromatic rings. The van der Waals surface area contributed by atoms with Crippen LogP contribution in [0.1, 0.15) is 16.1 Å². The van der Waals surface area contributed by atoms with E-state index in [-0.39, 0.29) is 27.9 Å². The summed E-state index contributed by atoms with van der Waals surface area (Å²) in [5.74, 6) is -1.89. The maximum Gasteiger partial charge on any atom is 0.268 e. The topological polar surface area (TPSA) is 90.5 Å². The van der Waals surface area contributed by atoms with Gasteiger partial charge in [0, 0.05) is 41.6 Å². The Hall–Kier alpha value is -4.57. The van der Waals surface area contributed by atoms with Gasteiger partial charge in [0.1, 0.15) is 11.4 Å². The second kappa shape index (κ2) is 9.23. The van der Waals surface area contributed by atoms with Crippen LogP contribution in [0.15, 0.2) is 77.9 Å². The molecule has 0 saturated heterocycles. The molecule has 0 spiro atoms. The molecule has 0 fully saturated rings. The van der Waals surface area contributed by atoms with Gasteiger partial charge in [0.15, 0.2) is 28.1 Å². The molecule has 0 bridgehead atoms. The first-order chi connectivity index (χ1) is 17.3. The molecule has 0 aliphatic rings. The summed E-state index contributed by atoms with van der Waals surface area (Å²) < 4.78 is 36.4. The Labute approximate surface area is 207 Å². The van der Waals surface area contributed by atoms with E-state index in [9.17, 15) is 18.4 Å². The molecule has 0 saturated carbocycles. The summed E-state index contributed by atoms with van der Waals surface area (Å²) in [5, 5.41) is 6.68. The number of hydrogen-bond acceptors (Lipinski definition) is 5. The Morgan fingerprint density at radius 2 is 1.81 bits per heavy atom. The standard InChI is InChI=1S/C25H16ClF2N5O3/c1-14-2-8-18(25(35)33(14)17-6-3-15(27)4-7-17)24(34)30-16-5-9-20(19(28)12-16)36-21-13-22(26)31-32-11-10-29-23(21)32/h2-13H,1H3,(H,30,34). The molecule has 180 valence electrons. The van der Waals surface area contributed by atoms with Gasteiger partial charge < -0.3 is 10.1 Å². The highest BCUT2D eigenvalue weighted by molar-refractivity contribution is 6.29. The molecule has 0 unspecified atom stereocenters. The van der Waals surface area contributed by atoms with Crippen molar-refractivity contribution >= 4 is 28.8 Å². The van der Waals surface area contributed by atoms with Crippen molar-refractivity contribution in [3.8, 4) is 17.2 Å². The van der Waals surface area contributed by atoms with Crippen molar-refractivity contribution in [1.29, 1.82) is 0 Å². The van der Waals surface area contributed by atoms with Gasteiger partial charge in [-0.05, 0) is 55.5 Å². The van der Waals surface area contributed by atoms with Crippen LogP contribution in [0.5, 0.6) is 11.5 Å². The molecule has 11 heteroatoms. The predicted molar refractivity (Wildman–Crippen MR) is 129 cm³/mol. The summed E-state index contributed by atoms with van der Waals surface area (Å²) in [4.78, 5) is 30.0. The number of hydrogen-bond donors (Lipinski definition) is 1. The number of carbonyl (C=O) groups is 1. The van der Waals surface area contributed by atoms with E-state index < -0.39 is 23.1 Å². The van der Waals surface area contributed by atoms with Gasteiger partial charge in [-0.15, -0.1) is 0 Å². The fourth-order valence-corrected chi connectivity index (χ4v) is 3.81. The summed E-state index contributed by atoms with van der Waals surface area (Å²) in [6, 6.07) is 13.5. The van der Waals surface area contributed by atoms with E-state index in [4.69, 9.17) is 16.3 Å². The SMILES string of the molecule is Cc1ccc(C(=O)Nc2ccc(Oc3cc(Cl)nn4ccnc34)c(F)c2)c(=O)n1-c1ccc(F)cc1. The average molecular weight is 508 g/mol. The molecule has 3 heterocycles. The number of anilines is 1. The minimum atomic E-state index is -0.766. The van der Waals surface area contributed by atoms with Crippen LogP contribution in [0, 0.1) is 18.6 Å². The van der Waals surface area contributed by atoms with Crippen LogP contribution in [0.25, 0.3) is 11.3 Å². The highest BCUT2D eigenvalue weighted by atomic mass is 35.5. The molecule has 36 heavy (non-hydrogen) atoms. The number of benzene rings is 2. The molecule has 0 aliphatic heterocycles. The number of fused-ring (bicyclic) bond motifs is 1. The number of rotatable bonds is 5. The van der Waals surface area contributed by atoms with Crippen molar-refractivity contribution in [3.05, 3.63) is 111 Å². The molecule has 0 aliphatic carbocycles. The van der Waals surface area contributed by atoms with E-state index in [1.807, 2.05) is 0 Å². The molecular formula is C25H16ClF2N5O3. The Balaban J connectivity index is 1.40. The largest absolute Gasteiger partial charge is 0.450 e. The fourth-order valence-electron chi connectivity index (χ4n) is 3.63. The van der Waals surface area contributed by atoms with Crippen LogP contribution in [0.4, 0.5) is 14.5 Å². The number of imidazole rings is 1. The average Bonchev–Trinajstić information content (AvgIpc) is 3.30. The maximum absolute atomic E-state index is 14.8. The van der Waals surface area contributed by atoms with Gasteiger partial charge in [0.05, 0.1) is 0 Å². The van der Waals surface area contributed by atoms with Crippen molar-refractivity contribution in [1.82, 2.24) is 19.2 Å². The zero-order valence-corrected chi connectivity index (χ0v) is 19.3. The Morgan fingerprint density at radius 3 is 2.56 bits per heavy atom. The van der Waals surface area contributed by atoms with Gasteiger partial charge in [-0.1, -0.05) is 11.6 Å². The van der Waals surface area contributed by atoms with Crippen molar-refractivity contribution in [2.24, 2.45) is 0 Å². The van der Waals surface area contributed by atoms with Gasteiger partial charge in [0.25, 0.3) is 11.5 Å². The van der Waals surface area contributed by atoms with E-state index in [2.05, 4.69) is 15.4 Å². The number of aromatic nitrogens is 4. The van der Waals surface area contributed by atoms with E-state index >= 15 is 0 Å². The minimum Gasteiger partial charge on any atom is -0.450 e. The predicted octanol–water partition coefficient (Wildman–Crippen LogP) is 5.16. The highest BCUT2D eigenvalue weighted by Crippen LogP contribution is 2.30. The van der Waals surface area contributed by atoms with E-state index in [0.29, 0.717) is 17.0 Å². The van der Waals surface area contributed by atoms with Crippen molar-refractivity contribution in [2.75, 3.05) is 5.32 Å². The molecule has 1 N–H and O–H groups in total. The summed E-state index contributed by atoms with van der Waals surface area (Å²) in [7, 11) is 0. The molecule has 0 radical (unpaired) electrons. The van der Waals surface area contributed by atoms with Crippen molar-refractivity contribution in [2.45, 2.75) is 6.92 Å². The van der Waals surface area contributed by atoms with Gasteiger partial charge in [-0.3, -0.25) is 14.2 Å². The number of nitrogens with zero attached hydrogens (tertiary/aromatic N) is 4. The van der Waals surface area contributed by atoms with Gasteiger partial charge in [0.2, 0.25) is 0 Å². The Bertz CT molecular complexity index is 1680. The zero-order chi connectivity index (χ0) is 25.4. The number of amides is 1. The zero-order valence-electron chi connectivity index (χ0n) is 18.6. The monoisotopic (exact) mass is 507 g/mol. The lowest BCUT2D eigenvalue weighted by atomic mass is 10.2. The summed E-state index contributed by atoms with van der Waals surface area (Å²) in [5.41, 5.74) is 0.642. The number of ether oxygens (including phenoxy) is 1. The third kappa shape index (κ3) is 4.41. The summed E-state index contributed by atoms with van der Waals surface area (Å²) >= 11 is 5.98. The van der Waals surface area contributed by atoms with E-state index in [1.54, 1.807) is 19.2 Å². The van der Waals surface area contributed by atoms with Crippen LogP contribution in [0.2, 0.25) is 5.15 Å². The third-order valence-electron chi connectivity index (χ3n) is 5.31. The smallest absolute Gasteiger partial charge is 0.268 e. The molecule has 8 nitrogen and oxygen atoms in total. The van der Waals surface area contributed by atoms with Crippen LogP contribution < -0.4 is 15.6 Å². The molecular weight excluding hydrogens is 492 g/mol. The first kappa shape index (κ1) is 23.2. The van der Waals surface area contributed by atoms with Gasteiger partial charge in [-0.2, -0.15) is 5.10 Å². The number of aryl methyl sites for hydroxylation is 1.